The zero-order chi connectivity index (χ0) is 8.10. The first-order valence-electron chi connectivity index (χ1n) is 3.21. The quantitative estimate of drug-likeness (QED) is 0.706. The van der Waals surface area contributed by atoms with E-state index in [9.17, 15) is 0 Å². The van der Waals surface area contributed by atoms with Crippen molar-refractivity contribution in [2.75, 3.05) is 0 Å². The van der Waals surface area contributed by atoms with Gasteiger partial charge in [-0.3, -0.25) is 4.98 Å². The SMILES string of the molecule is C/C=C/Oc1cncc(Br)c1. The summed E-state index contributed by atoms with van der Waals surface area (Å²) in [6, 6.07) is 1.85. The highest BCUT2D eigenvalue weighted by Gasteiger charge is 1.91. The van der Waals surface area contributed by atoms with Gasteiger partial charge in [-0.1, -0.05) is 6.08 Å². The lowest BCUT2D eigenvalue weighted by atomic mass is 10.5. The number of pyridine rings is 1. The normalized spacial score (nSPS) is 10.4. The van der Waals surface area contributed by atoms with Crippen molar-refractivity contribution in [3.8, 4) is 5.75 Å². The van der Waals surface area contributed by atoms with E-state index in [1.165, 1.54) is 0 Å². The molecule has 1 rings (SSSR count). The van der Waals surface area contributed by atoms with Crippen molar-refractivity contribution < 1.29 is 4.74 Å². The van der Waals surface area contributed by atoms with E-state index >= 15 is 0 Å². The van der Waals surface area contributed by atoms with Gasteiger partial charge in [-0.25, -0.2) is 0 Å². The van der Waals surface area contributed by atoms with Crippen molar-refractivity contribution in [1.82, 2.24) is 4.98 Å². The second-order valence-electron chi connectivity index (χ2n) is 1.93. The Morgan fingerprint density at radius 1 is 1.55 bits per heavy atom. The molecule has 0 aliphatic rings. The van der Waals surface area contributed by atoms with Crippen molar-refractivity contribution in [1.29, 1.82) is 0 Å². The molecule has 0 aliphatic carbocycles. The Hall–Kier alpha value is -0.830. The third-order valence-corrected chi connectivity index (χ3v) is 1.45. The van der Waals surface area contributed by atoms with Crippen LogP contribution in [-0.2, 0) is 0 Å². The van der Waals surface area contributed by atoms with Gasteiger partial charge in [-0.15, -0.1) is 0 Å². The van der Waals surface area contributed by atoms with Crippen molar-refractivity contribution >= 4 is 15.9 Å². The first kappa shape index (κ1) is 8.27. The highest BCUT2D eigenvalue weighted by Crippen LogP contribution is 2.15. The molecule has 0 saturated carbocycles. The van der Waals surface area contributed by atoms with Gasteiger partial charge in [0.05, 0.1) is 12.5 Å². The largest absolute Gasteiger partial charge is 0.464 e. The zero-order valence-corrected chi connectivity index (χ0v) is 7.71. The molecule has 0 aromatic carbocycles. The molecular weight excluding hydrogens is 206 g/mol. The van der Waals surface area contributed by atoms with Crippen molar-refractivity contribution in [2.45, 2.75) is 6.92 Å². The third kappa shape index (κ3) is 2.72. The van der Waals surface area contributed by atoms with E-state index in [-0.39, 0.29) is 0 Å². The van der Waals surface area contributed by atoms with E-state index in [4.69, 9.17) is 4.74 Å². The van der Waals surface area contributed by atoms with Crippen LogP contribution in [0, 0.1) is 0 Å². The molecule has 1 aromatic heterocycles. The van der Waals surface area contributed by atoms with Gasteiger partial charge in [0.15, 0.2) is 0 Å². The van der Waals surface area contributed by atoms with Gasteiger partial charge in [0, 0.05) is 10.7 Å². The Labute approximate surface area is 74.0 Å². The van der Waals surface area contributed by atoms with Gasteiger partial charge in [0.2, 0.25) is 0 Å². The summed E-state index contributed by atoms with van der Waals surface area (Å²) in [6.45, 7) is 1.89. The molecule has 3 heteroatoms. The van der Waals surface area contributed by atoms with E-state index < -0.39 is 0 Å². The summed E-state index contributed by atoms with van der Waals surface area (Å²) in [5.74, 6) is 0.734. The van der Waals surface area contributed by atoms with Crippen LogP contribution in [0.25, 0.3) is 0 Å². The highest BCUT2D eigenvalue weighted by atomic mass is 79.9. The summed E-state index contributed by atoms with van der Waals surface area (Å²) in [5.41, 5.74) is 0. The minimum Gasteiger partial charge on any atom is -0.464 e. The number of nitrogens with zero attached hydrogens (tertiary/aromatic N) is 1. The third-order valence-electron chi connectivity index (χ3n) is 1.02. The van der Waals surface area contributed by atoms with Gasteiger partial charge in [-0.05, 0) is 28.9 Å². The van der Waals surface area contributed by atoms with Gasteiger partial charge >= 0.3 is 0 Å². The predicted octanol–water partition coefficient (Wildman–Crippen LogP) is 2.76. The standard InChI is InChI=1S/C8H8BrNO/c1-2-3-11-8-4-7(9)5-10-6-8/h2-6H,1H3/b3-2+. The van der Waals surface area contributed by atoms with Crippen molar-refractivity contribution in [3.63, 3.8) is 0 Å². The predicted molar refractivity (Wildman–Crippen MR) is 47.4 cm³/mol. The zero-order valence-electron chi connectivity index (χ0n) is 6.12. The molecule has 0 fully saturated rings. The van der Waals surface area contributed by atoms with Crippen LogP contribution in [0.2, 0.25) is 0 Å². The van der Waals surface area contributed by atoms with Crippen LogP contribution in [0.4, 0.5) is 0 Å². The van der Waals surface area contributed by atoms with Crippen LogP contribution in [0.1, 0.15) is 6.92 Å². The summed E-state index contributed by atoms with van der Waals surface area (Å²) < 4.78 is 6.08. The number of halogens is 1. The molecule has 0 spiro atoms. The Bertz CT molecular complexity index is 260. The van der Waals surface area contributed by atoms with E-state index in [1.54, 1.807) is 18.7 Å². The lowest BCUT2D eigenvalue weighted by Crippen LogP contribution is -1.82. The van der Waals surface area contributed by atoms with Crippen molar-refractivity contribution in [2.24, 2.45) is 0 Å². The summed E-state index contributed by atoms with van der Waals surface area (Å²) in [4.78, 5) is 3.93. The molecule has 1 heterocycles. The number of rotatable bonds is 2. The van der Waals surface area contributed by atoms with Crippen LogP contribution in [-0.4, -0.2) is 4.98 Å². The minimum absolute atomic E-state index is 0.734. The summed E-state index contributed by atoms with van der Waals surface area (Å²) in [6.07, 6.45) is 6.80. The Morgan fingerprint density at radius 2 is 2.36 bits per heavy atom. The van der Waals surface area contributed by atoms with E-state index in [2.05, 4.69) is 20.9 Å². The maximum Gasteiger partial charge on any atom is 0.145 e. The number of aromatic nitrogens is 1. The number of hydrogen-bond acceptors (Lipinski definition) is 2. The van der Waals surface area contributed by atoms with Crippen LogP contribution in [0.5, 0.6) is 5.75 Å². The lowest BCUT2D eigenvalue weighted by molar-refractivity contribution is 0.477. The fraction of sp³-hybridized carbons (Fsp3) is 0.125. The van der Waals surface area contributed by atoms with Crippen LogP contribution in [0.3, 0.4) is 0 Å². The maximum atomic E-state index is 5.16. The topological polar surface area (TPSA) is 22.1 Å². The second-order valence-corrected chi connectivity index (χ2v) is 2.84. The maximum absolute atomic E-state index is 5.16. The smallest absolute Gasteiger partial charge is 0.145 e. The van der Waals surface area contributed by atoms with E-state index in [0.29, 0.717) is 0 Å². The van der Waals surface area contributed by atoms with Crippen LogP contribution >= 0.6 is 15.9 Å². The number of allylic oxidation sites excluding steroid dienone is 1. The molecule has 0 saturated heterocycles. The van der Waals surface area contributed by atoms with Gasteiger partial charge in [0.1, 0.15) is 5.75 Å². The summed E-state index contributed by atoms with van der Waals surface area (Å²) in [5, 5.41) is 0. The lowest BCUT2D eigenvalue weighted by Gasteiger charge is -1.97. The first-order chi connectivity index (χ1) is 5.33. The molecule has 58 valence electrons. The highest BCUT2D eigenvalue weighted by molar-refractivity contribution is 9.10. The van der Waals surface area contributed by atoms with E-state index in [1.807, 2.05) is 19.1 Å². The Balaban J connectivity index is 2.71. The van der Waals surface area contributed by atoms with Crippen LogP contribution in [0.15, 0.2) is 35.3 Å². The fourth-order valence-electron chi connectivity index (χ4n) is 0.603. The molecule has 0 amide bonds. The Kier molecular flexibility index (Phi) is 3.11. The fourth-order valence-corrected chi connectivity index (χ4v) is 0.947. The molecule has 11 heavy (non-hydrogen) atoms. The first-order valence-corrected chi connectivity index (χ1v) is 4.00. The molecule has 0 N–H and O–H groups in total. The molecular formula is C8H8BrNO. The minimum atomic E-state index is 0.734. The molecule has 1 aromatic rings. The summed E-state index contributed by atoms with van der Waals surface area (Å²) >= 11 is 3.29. The Morgan fingerprint density at radius 3 is 3.00 bits per heavy atom. The molecule has 2 nitrogen and oxygen atoms in total. The van der Waals surface area contributed by atoms with Gasteiger partial charge in [-0.2, -0.15) is 0 Å². The monoisotopic (exact) mass is 213 g/mol. The van der Waals surface area contributed by atoms with E-state index in [0.717, 1.165) is 10.2 Å². The number of ether oxygens (including phenoxy) is 1. The van der Waals surface area contributed by atoms with Crippen LogP contribution < -0.4 is 4.74 Å². The van der Waals surface area contributed by atoms with Gasteiger partial charge < -0.3 is 4.74 Å². The molecule has 0 bridgehead atoms. The van der Waals surface area contributed by atoms with Gasteiger partial charge in [0.25, 0.3) is 0 Å². The van der Waals surface area contributed by atoms with Crippen molar-refractivity contribution in [3.05, 3.63) is 35.3 Å². The molecule has 0 atom stereocenters. The second kappa shape index (κ2) is 4.13. The molecule has 0 radical (unpaired) electrons. The number of hydrogen-bond donors (Lipinski definition) is 0. The molecule has 0 unspecified atom stereocenters. The summed E-state index contributed by atoms with van der Waals surface area (Å²) in [7, 11) is 0. The average Bonchev–Trinajstić information content (AvgIpc) is 2.01. The average molecular weight is 214 g/mol. The molecule has 0 aliphatic heterocycles.